The van der Waals surface area contributed by atoms with Crippen LogP contribution in [-0.4, -0.2) is 129 Å². The molecule has 356 valence electrons. The standard InChI is InChI=1S/C35H45ClN10O5.2C2HF3O2/c1-4-45-27-17-24(51-21-30(47)44-13-11-43(12-14-44)20-25-28(49-3)8-5-22(2)40-25)6-7-26(27)46(19-23-9-15-50-16-10-23)29(45)18-39-35(48)31-33(37)42-34(38)32(36)41-31;2*3-2(4,5)1(6)7/h5-8,17,23H,4,9-16,18-21H2,1-3H3,(H4-,37,38,39,42,48);2*(H,6,7)/p+1. The van der Waals surface area contributed by atoms with Crippen molar-refractivity contribution in [3.05, 3.63) is 58.4 Å². The van der Waals surface area contributed by atoms with E-state index in [2.05, 4.69) is 41.2 Å². The van der Waals surface area contributed by atoms with Crippen LogP contribution >= 0.6 is 11.6 Å². The molecule has 0 saturated carbocycles. The molecule has 3 aromatic heterocycles. The first-order valence-electron chi connectivity index (χ1n) is 19.8. The van der Waals surface area contributed by atoms with Crippen LogP contribution in [-0.2, 0) is 45.3 Å². The summed E-state index contributed by atoms with van der Waals surface area (Å²) >= 11 is 6.04. The third-order valence-corrected chi connectivity index (χ3v) is 10.3. The number of imidazole rings is 1. The molecule has 2 aliphatic rings. The Kier molecular flexibility index (Phi) is 17.9. The zero-order valence-electron chi connectivity index (χ0n) is 35.3. The van der Waals surface area contributed by atoms with Crippen LogP contribution in [0.1, 0.15) is 47.5 Å². The third kappa shape index (κ3) is 14.4. The number of carboxylic acids is 2. The predicted octanol–water partition coefficient (Wildman–Crippen LogP) is 3.61. The number of pyridine rings is 1. The van der Waals surface area contributed by atoms with Gasteiger partial charge in [0.1, 0.15) is 18.0 Å². The summed E-state index contributed by atoms with van der Waals surface area (Å²) in [4.78, 5) is 61.0. The molecule has 2 aliphatic heterocycles. The summed E-state index contributed by atoms with van der Waals surface area (Å²) in [5.74, 6) is -3.56. The lowest BCUT2D eigenvalue weighted by atomic mass is 10.0. The molecule has 4 aromatic rings. The van der Waals surface area contributed by atoms with Gasteiger partial charge in [-0.15, -0.1) is 0 Å². The lowest BCUT2D eigenvalue weighted by Gasteiger charge is -2.34. The highest BCUT2D eigenvalue weighted by Crippen LogP contribution is 2.25. The highest BCUT2D eigenvalue weighted by molar-refractivity contribution is 6.31. The summed E-state index contributed by atoms with van der Waals surface area (Å²) in [6.45, 7) is 10.3. The summed E-state index contributed by atoms with van der Waals surface area (Å²) in [6.07, 6.45) is -8.27. The van der Waals surface area contributed by atoms with Gasteiger partial charge >= 0.3 is 24.3 Å². The topological polar surface area (TPSA) is 254 Å². The molecule has 19 nitrogen and oxygen atoms in total. The van der Waals surface area contributed by atoms with Crippen LogP contribution in [0.3, 0.4) is 0 Å². The molecule has 2 saturated heterocycles. The molecule has 0 atom stereocenters. The summed E-state index contributed by atoms with van der Waals surface area (Å²) in [6, 6.07) is 9.75. The zero-order valence-corrected chi connectivity index (χ0v) is 36.1. The second kappa shape index (κ2) is 22.6. The van der Waals surface area contributed by atoms with Gasteiger partial charge in [0.2, 0.25) is 0 Å². The van der Waals surface area contributed by atoms with Crippen LogP contribution in [0.2, 0.25) is 5.15 Å². The van der Waals surface area contributed by atoms with Crippen molar-refractivity contribution >= 4 is 58.0 Å². The van der Waals surface area contributed by atoms with Gasteiger partial charge in [0.25, 0.3) is 17.6 Å². The van der Waals surface area contributed by atoms with E-state index in [1.54, 1.807) is 7.11 Å². The lowest BCUT2D eigenvalue weighted by Crippen LogP contribution is -2.49. The zero-order chi connectivity index (χ0) is 48.2. The molecule has 26 heteroatoms. The molecule has 7 N–H and O–H groups in total. The second-order valence-electron chi connectivity index (χ2n) is 14.4. The smallest absolute Gasteiger partial charge is 0.490 e. The molecule has 6 rings (SSSR count). The number of halogens is 7. The first kappa shape index (κ1) is 51.4. The summed E-state index contributed by atoms with van der Waals surface area (Å²) in [5.41, 5.74) is 15.3. The maximum Gasteiger partial charge on any atom is 0.490 e. The van der Waals surface area contributed by atoms with E-state index in [1.807, 2.05) is 42.2 Å². The van der Waals surface area contributed by atoms with Crippen molar-refractivity contribution in [2.24, 2.45) is 5.92 Å². The number of alkyl halides is 6. The molecule has 1 aromatic carbocycles. The number of fused-ring (bicyclic) bond motifs is 1. The number of carbonyl (C=O) groups excluding carboxylic acids is 2. The van der Waals surface area contributed by atoms with E-state index >= 15 is 0 Å². The second-order valence-corrected chi connectivity index (χ2v) is 14.8. The highest BCUT2D eigenvalue weighted by atomic mass is 35.5. The molecule has 0 bridgehead atoms. The molecule has 2 fully saturated rings. The van der Waals surface area contributed by atoms with Gasteiger partial charge in [-0.25, -0.2) is 28.7 Å². The third-order valence-electron chi connectivity index (χ3n) is 10.0. The average Bonchev–Trinajstić information content (AvgIpc) is 3.54. The van der Waals surface area contributed by atoms with Gasteiger partial charge in [-0.1, -0.05) is 11.6 Å². The Morgan fingerprint density at radius 2 is 1.55 bits per heavy atom. The number of anilines is 2. The number of nitrogens with zero attached hydrogens (tertiary/aromatic N) is 7. The number of carbonyl (C=O) groups is 4. The van der Waals surface area contributed by atoms with E-state index in [9.17, 15) is 35.9 Å². The van der Waals surface area contributed by atoms with Crippen LogP contribution in [0.15, 0.2) is 30.3 Å². The molecular weight excluding hydrogens is 902 g/mol. The number of hydrogen-bond donors (Lipinski definition) is 5. The number of rotatable bonds is 12. The van der Waals surface area contributed by atoms with Crippen molar-refractivity contribution in [3.8, 4) is 11.5 Å². The van der Waals surface area contributed by atoms with Crippen LogP contribution in [0.4, 0.5) is 38.0 Å². The highest BCUT2D eigenvalue weighted by Gasteiger charge is 2.39. The molecular formula is C39H48ClF6N10O9+. The van der Waals surface area contributed by atoms with E-state index in [1.165, 1.54) is 0 Å². The fraction of sp³-hybridized carbons (Fsp3) is 0.487. The Labute approximate surface area is 372 Å². The van der Waals surface area contributed by atoms with Crippen molar-refractivity contribution < 1.29 is 74.5 Å². The van der Waals surface area contributed by atoms with E-state index in [0.717, 1.165) is 79.7 Å². The summed E-state index contributed by atoms with van der Waals surface area (Å²) in [7, 11) is 1.65. The van der Waals surface area contributed by atoms with Gasteiger partial charge in [-0.2, -0.15) is 26.3 Å². The molecule has 5 heterocycles. The molecule has 2 amide bonds. The number of aliphatic carboxylic acids is 2. The lowest BCUT2D eigenvalue weighted by molar-refractivity contribution is -0.687. The number of nitrogens with one attached hydrogen (secondary N) is 1. The number of benzene rings is 1. The summed E-state index contributed by atoms with van der Waals surface area (Å²) in [5, 5.41) is 17.1. The molecule has 0 unspecified atom stereocenters. The fourth-order valence-electron chi connectivity index (χ4n) is 6.75. The number of nitrogens with two attached hydrogens (primary N) is 2. The number of aryl methyl sites for hydroxylation is 2. The van der Waals surface area contributed by atoms with Crippen molar-refractivity contribution in [2.75, 3.05) is 64.6 Å². The minimum absolute atomic E-state index is 0.0403. The Hall–Kier alpha value is -6.21. The van der Waals surface area contributed by atoms with E-state index in [4.69, 9.17) is 57.1 Å². The van der Waals surface area contributed by atoms with Gasteiger partial charge in [-0.3, -0.25) is 19.5 Å². The van der Waals surface area contributed by atoms with Gasteiger partial charge in [0, 0.05) is 63.6 Å². The maximum absolute atomic E-state index is 13.2. The number of ether oxygens (including phenoxy) is 3. The average molecular weight is 950 g/mol. The number of hydrogen-bond acceptors (Lipinski definition) is 13. The first-order chi connectivity index (χ1) is 30.5. The molecule has 65 heavy (non-hydrogen) atoms. The fourth-order valence-corrected chi connectivity index (χ4v) is 6.87. The van der Waals surface area contributed by atoms with Gasteiger partial charge < -0.3 is 46.1 Å². The van der Waals surface area contributed by atoms with E-state index in [-0.39, 0.29) is 41.5 Å². The summed E-state index contributed by atoms with van der Waals surface area (Å²) < 4.78 is 85.1. The Morgan fingerprint density at radius 3 is 2.12 bits per heavy atom. The Balaban J connectivity index is 0.000000572. The van der Waals surface area contributed by atoms with E-state index in [0.29, 0.717) is 37.8 Å². The van der Waals surface area contributed by atoms with Crippen molar-refractivity contribution in [3.63, 3.8) is 0 Å². The maximum atomic E-state index is 13.2. The quantitative estimate of drug-likeness (QED) is 0.100. The van der Waals surface area contributed by atoms with Crippen molar-refractivity contribution in [1.29, 1.82) is 0 Å². The normalized spacial score (nSPS) is 14.7. The number of methoxy groups -OCH3 is 1. The number of aromatic nitrogens is 5. The van der Waals surface area contributed by atoms with Gasteiger partial charge in [0.15, 0.2) is 40.1 Å². The number of nitrogen functional groups attached to an aromatic ring is 2. The first-order valence-corrected chi connectivity index (χ1v) is 20.1. The Bertz CT molecular complexity index is 2300. The Morgan fingerprint density at radius 1 is 0.938 bits per heavy atom. The van der Waals surface area contributed by atoms with Crippen molar-refractivity contribution in [2.45, 2.75) is 65.2 Å². The van der Waals surface area contributed by atoms with Crippen LogP contribution in [0.25, 0.3) is 11.0 Å². The van der Waals surface area contributed by atoms with Gasteiger partial charge in [-0.05, 0) is 51.0 Å². The van der Waals surface area contributed by atoms with Crippen LogP contribution in [0, 0.1) is 12.8 Å². The molecule has 0 radical (unpaired) electrons. The monoisotopic (exact) mass is 949 g/mol. The molecule has 0 spiro atoms. The van der Waals surface area contributed by atoms with Gasteiger partial charge in [0.05, 0.1) is 25.9 Å². The number of carboxylic acid groups (broad SMARTS) is 2. The van der Waals surface area contributed by atoms with Crippen molar-refractivity contribution in [1.82, 2.24) is 34.6 Å². The minimum atomic E-state index is -5.08. The van der Waals surface area contributed by atoms with Crippen LogP contribution < -0.4 is 30.8 Å². The number of amides is 2. The number of piperazine rings is 1. The minimum Gasteiger partial charge on any atom is -0.495 e. The largest absolute Gasteiger partial charge is 0.495 e. The predicted molar refractivity (Wildman–Crippen MR) is 219 cm³/mol. The van der Waals surface area contributed by atoms with E-state index < -0.39 is 30.2 Å². The van der Waals surface area contributed by atoms with Crippen LogP contribution in [0.5, 0.6) is 11.5 Å². The SMILES string of the molecule is CCn1c(CNC(=O)c2nc(Cl)c(N)nc2N)[n+](CC2CCOCC2)c2ccc(OCC(=O)N3CCN(Cc4nc(C)ccc4OC)CC3)cc21.O=C(O)C(F)(F)F.O=C(O)C(F)(F)F. The molecule has 0 aliphatic carbocycles.